The summed E-state index contributed by atoms with van der Waals surface area (Å²) in [6.45, 7) is 1.09. The normalized spacial score (nSPS) is 19.9. The van der Waals surface area contributed by atoms with E-state index in [1.165, 1.54) is 24.1 Å². The Hall–Kier alpha value is -1.53. The van der Waals surface area contributed by atoms with Crippen LogP contribution in [0.1, 0.15) is 30.0 Å². The molecule has 3 heteroatoms. The molecule has 2 aliphatic rings. The third kappa shape index (κ3) is 2.01. The van der Waals surface area contributed by atoms with E-state index in [0.717, 1.165) is 18.5 Å². The number of benzene rings is 1. The van der Waals surface area contributed by atoms with Crippen molar-refractivity contribution >= 4 is 5.69 Å². The predicted molar refractivity (Wildman–Crippen MR) is 67.9 cm³/mol. The average molecular weight is 227 g/mol. The summed E-state index contributed by atoms with van der Waals surface area (Å²) in [6.07, 6.45) is 3.53. The van der Waals surface area contributed by atoms with Gasteiger partial charge in [-0.1, -0.05) is 12.1 Å². The smallest absolute Gasteiger partial charge is 0.121 e. The molecule has 1 heterocycles. The minimum absolute atomic E-state index is 0.140. The van der Waals surface area contributed by atoms with Gasteiger partial charge in [-0.05, 0) is 36.5 Å². The number of nitrogens with one attached hydrogen (secondary N) is 1. The maximum absolute atomic E-state index is 9.23. The Kier molecular flexibility index (Phi) is 2.53. The fourth-order valence-corrected chi connectivity index (χ4v) is 2.46. The molecule has 1 N–H and O–H groups in total. The number of nitrogens with zero attached hydrogens (tertiary/aromatic N) is 2. The fourth-order valence-electron chi connectivity index (χ4n) is 2.46. The lowest BCUT2D eigenvalue weighted by molar-refractivity contribution is 0.625. The molecule has 3 nitrogen and oxygen atoms in total. The van der Waals surface area contributed by atoms with Crippen LogP contribution < -0.4 is 10.2 Å². The minimum Gasteiger partial charge on any atom is -0.374 e. The van der Waals surface area contributed by atoms with E-state index >= 15 is 0 Å². The molecule has 1 aromatic carbocycles. The van der Waals surface area contributed by atoms with Gasteiger partial charge >= 0.3 is 0 Å². The minimum atomic E-state index is -0.140. The monoisotopic (exact) mass is 227 g/mol. The van der Waals surface area contributed by atoms with Gasteiger partial charge in [0.1, 0.15) is 6.04 Å². The molecule has 0 bridgehead atoms. The Bertz CT molecular complexity index is 471. The van der Waals surface area contributed by atoms with Gasteiger partial charge in [0.25, 0.3) is 0 Å². The van der Waals surface area contributed by atoms with Crippen molar-refractivity contribution in [2.24, 2.45) is 0 Å². The van der Waals surface area contributed by atoms with Crippen molar-refractivity contribution in [2.45, 2.75) is 31.3 Å². The van der Waals surface area contributed by atoms with Gasteiger partial charge in [0.15, 0.2) is 0 Å². The summed E-state index contributed by atoms with van der Waals surface area (Å²) >= 11 is 0. The molecule has 0 saturated heterocycles. The van der Waals surface area contributed by atoms with Gasteiger partial charge in [-0.2, -0.15) is 5.26 Å². The molecule has 1 fully saturated rings. The Balaban J connectivity index is 1.85. The van der Waals surface area contributed by atoms with Crippen molar-refractivity contribution < 1.29 is 0 Å². The molecule has 1 saturated carbocycles. The van der Waals surface area contributed by atoms with Crippen molar-refractivity contribution in [3.05, 3.63) is 29.3 Å². The van der Waals surface area contributed by atoms with Crippen LogP contribution in [0.4, 0.5) is 5.69 Å². The highest BCUT2D eigenvalue weighted by Crippen LogP contribution is 2.30. The largest absolute Gasteiger partial charge is 0.374 e. The number of rotatable bonds is 3. The lowest BCUT2D eigenvalue weighted by Gasteiger charge is -2.15. The van der Waals surface area contributed by atoms with Crippen molar-refractivity contribution in [1.82, 2.24) is 5.32 Å². The van der Waals surface area contributed by atoms with Crippen molar-refractivity contribution in [3.63, 3.8) is 0 Å². The summed E-state index contributed by atoms with van der Waals surface area (Å²) in [5.74, 6) is 0. The molecular weight excluding hydrogens is 210 g/mol. The molecule has 0 spiro atoms. The third-order valence-electron chi connectivity index (χ3n) is 3.67. The number of nitriles is 1. The van der Waals surface area contributed by atoms with E-state index in [2.05, 4.69) is 41.5 Å². The Morgan fingerprint density at radius 3 is 3.00 bits per heavy atom. The van der Waals surface area contributed by atoms with Gasteiger partial charge in [-0.3, -0.25) is 5.32 Å². The molecule has 1 aromatic rings. The maximum atomic E-state index is 9.23. The Morgan fingerprint density at radius 1 is 1.47 bits per heavy atom. The van der Waals surface area contributed by atoms with E-state index < -0.39 is 0 Å². The highest BCUT2D eigenvalue weighted by molar-refractivity contribution is 5.59. The first-order valence-electron chi connectivity index (χ1n) is 6.27. The molecule has 3 rings (SSSR count). The zero-order chi connectivity index (χ0) is 11.8. The Labute approximate surface area is 102 Å². The first-order chi connectivity index (χ1) is 8.28. The van der Waals surface area contributed by atoms with Gasteiger partial charge in [0.05, 0.1) is 6.07 Å². The van der Waals surface area contributed by atoms with Crippen molar-refractivity contribution in [3.8, 4) is 6.07 Å². The number of fused-ring (bicyclic) bond motifs is 1. The third-order valence-corrected chi connectivity index (χ3v) is 3.67. The molecule has 1 aliphatic carbocycles. The van der Waals surface area contributed by atoms with E-state index in [4.69, 9.17) is 0 Å². The number of likely N-dealkylation sites (N-methyl/N-ethyl adjacent to an activating group) is 1. The van der Waals surface area contributed by atoms with E-state index in [-0.39, 0.29) is 6.04 Å². The van der Waals surface area contributed by atoms with Crippen LogP contribution in [0.15, 0.2) is 18.2 Å². The van der Waals surface area contributed by atoms with Crippen LogP contribution in [-0.4, -0.2) is 19.6 Å². The summed E-state index contributed by atoms with van der Waals surface area (Å²) in [6, 6.07) is 9.23. The summed E-state index contributed by atoms with van der Waals surface area (Å²) in [7, 11) is 2.12. The standard InChI is InChI=1S/C14H17N3/c1-17-7-6-11-8-10(2-5-14(11)17)13(9-15)16-12-3-4-12/h2,5,8,12-13,16H,3-4,6-7H2,1H3. The van der Waals surface area contributed by atoms with Gasteiger partial charge in [-0.15, -0.1) is 0 Å². The van der Waals surface area contributed by atoms with Crippen LogP contribution in [0.5, 0.6) is 0 Å². The van der Waals surface area contributed by atoms with Gasteiger partial charge in [0.2, 0.25) is 0 Å². The zero-order valence-corrected chi connectivity index (χ0v) is 10.1. The van der Waals surface area contributed by atoms with E-state index in [1.807, 2.05) is 0 Å². The summed E-state index contributed by atoms with van der Waals surface area (Å²) < 4.78 is 0. The van der Waals surface area contributed by atoms with Gasteiger partial charge in [-0.25, -0.2) is 0 Å². The summed E-state index contributed by atoms with van der Waals surface area (Å²) in [4.78, 5) is 2.27. The van der Waals surface area contributed by atoms with Crippen LogP contribution in [-0.2, 0) is 6.42 Å². The molecule has 17 heavy (non-hydrogen) atoms. The second-order valence-electron chi connectivity index (χ2n) is 5.06. The summed E-state index contributed by atoms with van der Waals surface area (Å²) in [5.41, 5.74) is 3.81. The molecule has 0 amide bonds. The zero-order valence-electron chi connectivity index (χ0n) is 10.1. The average Bonchev–Trinajstić information content (AvgIpc) is 3.10. The lowest BCUT2D eigenvalue weighted by atomic mass is 10.0. The highest BCUT2D eigenvalue weighted by atomic mass is 15.1. The quantitative estimate of drug-likeness (QED) is 0.858. The van der Waals surface area contributed by atoms with E-state index in [1.54, 1.807) is 0 Å². The van der Waals surface area contributed by atoms with Crippen LogP contribution in [0.2, 0.25) is 0 Å². The maximum Gasteiger partial charge on any atom is 0.121 e. The predicted octanol–water partition coefficient (Wildman–Crippen LogP) is 2.00. The molecular formula is C14H17N3. The van der Waals surface area contributed by atoms with Crippen LogP contribution in [0.3, 0.4) is 0 Å². The van der Waals surface area contributed by atoms with E-state index in [9.17, 15) is 5.26 Å². The second-order valence-corrected chi connectivity index (χ2v) is 5.06. The lowest BCUT2D eigenvalue weighted by Crippen LogP contribution is -2.22. The SMILES string of the molecule is CN1CCc2cc(C(C#N)NC3CC3)ccc21. The van der Waals surface area contributed by atoms with Crippen LogP contribution in [0, 0.1) is 11.3 Å². The second kappa shape index (κ2) is 4.05. The van der Waals surface area contributed by atoms with Crippen LogP contribution in [0.25, 0.3) is 0 Å². The van der Waals surface area contributed by atoms with Gasteiger partial charge in [0, 0.05) is 25.3 Å². The molecule has 1 unspecified atom stereocenters. The molecule has 1 atom stereocenters. The van der Waals surface area contributed by atoms with E-state index in [0.29, 0.717) is 6.04 Å². The topological polar surface area (TPSA) is 39.1 Å². The fraction of sp³-hybridized carbons (Fsp3) is 0.500. The highest BCUT2D eigenvalue weighted by Gasteiger charge is 2.26. The number of anilines is 1. The number of hydrogen-bond donors (Lipinski definition) is 1. The van der Waals surface area contributed by atoms with Crippen LogP contribution >= 0.6 is 0 Å². The van der Waals surface area contributed by atoms with Gasteiger partial charge < -0.3 is 4.90 Å². The molecule has 1 aliphatic heterocycles. The first kappa shape index (κ1) is 10.6. The van der Waals surface area contributed by atoms with Crippen molar-refractivity contribution in [2.75, 3.05) is 18.5 Å². The molecule has 0 radical (unpaired) electrons. The number of hydrogen-bond acceptors (Lipinski definition) is 3. The van der Waals surface area contributed by atoms with Crippen molar-refractivity contribution in [1.29, 1.82) is 5.26 Å². The Morgan fingerprint density at radius 2 is 2.29 bits per heavy atom. The molecule has 0 aromatic heterocycles. The first-order valence-corrected chi connectivity index (χ1v) is 6.27. The molecule has 88 valence electrons. The summed E-state index contributed by atoms with van der Waals surface area (Å²) in [5, 5.41) is 12.6.